The average Bonchev–Trinajstić information content (AvgIpc) is 3.32. The molecule has 34 heavy (non-hydrogen) atoms. The predicted molar refractivity (Wildman–Crippen MR) is 127 cm³/mol. The second kappa shape index (κ2) is 11.7. The lowest BCUT2D eigenvalue weighted by molar-refractivity contribution is -0.154. The molecule has 11 heteroatoms. The van der Waals surface area contributed by atoms with Gasteiger partial charge in [0.15, 0.2) is 11.6 Å². The fraction of sp³-hybridized carbons (Fsp3) is 0.739. The highest BCUT2D eigenvalue weighted by Crippen LogP contribution is 2.31. The van der Waals surface area contributed by atoms with Crippen molar-refractivity contribution >= 4 is 24.0 Å². The predicted octanol–water partition coefficient (Wildman–Crippen LogP) is 2.33. The molecule has 1 saturated carbocycles. The third kappa shape index (κ3) is 6.32. The molecule has 0 aromatic carbocycles. The number of nitrogens with one attached hydrogen (secondary N) is 2. The molecule has 0 unspecified atom stereocenters. The summed E-state index contributed by atoms with van der Waals surface area (Å²) in [6.45, 7) is 7.15. The quantitative estimate of drug-likeness (QED) is 0.266. The van der Waals surface area contributed by atoms with Crippen molar-refractivity contribution < 1.29 is 19.2 Å². The van der Waals surface area contributed by atoms with Gasteiger partial charge in [-0.2, -0.15) is 4.39 Å². The molecule has 0 spiro atoms. The first-order valence-electron chi connectivity index (χ1n) is 12.2. The standard InChI is InChI=1S/C23H38FN7O3/c1-5-19-13-31(15(2)11-29(19)4)22-20(24)21(25-16(3)26-22)27-28-23(33)18(12-30(34)14-32)10-17-8-6-7-9-17/h14-15,17-19,34H,5-13H2,1-4H3,(H,28,33)(H,25,26,27)/t15-,18+,19-/m1/s1. The normalized spacial score (nSPS) is 22.5. The van der Waals surface area contributed by atoms with Crippen LogP contribution in [-0.4, -0.2) is 76.2 Å². The van der Waals surface area contributed by atoms with Gasteiger partial charge >= 0.3 is 0 Å². The Morgan fingerprint density at radius 2 is 2.03 bits per heavy atom. The largest absolute Gasteiger partial charge is 0.348 e. The van der Waals surface area contributed by atoms with Crippen LogP contribution in [-0.2, 0) is 9.59 Å². The van der Waals surface area contributed by atoms with Gasteiger partial charge in [-0.05, 0) is 39.7 Å². The molecule has 3 rings (SSSR count). The van der Waals surface area contributed by atoms with Crippen LogP contribution in [0, 0.1) is 24.6 Å². The van der Waals surface area contributed by atoms with Gasteiger partial charge < -0.3 is 4.90 Å². The second-order valence-electron chi connectivity index (χ2n) is 9.68. The number of nitrogens with zero attached hydrogens (tertiary/aromatic N) is 5. The van der Waals surface area contributed by atoms with E-state index in [1.54, 1.807) is 6.92 Å². The van der Waals surface area contributed by atoms with Crippen LogP contribution in [0.3, 0.4) is 0 Å². The maximum atomic E-state index is 15.5. The number of hydrazine groups is 1. The van der Waals surface area contributed by atoms with E-state index in [0.29, 0.717) is 29.8 Å². The van der Waals surface area contributed by atoms with E-state index in [1.165, 1.54) is 0 Å². The van der Waals surface area contributed by atoms with Crippen molar-refractivity contribution in [2.24, 2.45) is 11.8 Å². The lowest BCUT2D eigenvalue weighted by Gasteiger charge is -2.44. The molecule has 1 aromatic heterocycles. The Kier molecular flexibility index (Phi) is 9.01. The third-order valence-corrected chi connectivity index (χ3v) is 7.10. The smallest absolute Gasteiger partial charge is 0.243 e. The molecule has 0 radical (unpaired) electrons. The summed E-state index contributed by atoms with van der Waals surface area (Å²) in [7, 11) is 2.08. The Morgan fingerprint density at radius 1 is 1.32 bits per heavy atom. The Labute approximate surface area is 200 Å². The van der Waals surface area contributed by atoms with Gasteiger partial charge in [0.25, 0.3) is 0 Å². The van der Waals surface area contributed by atoms with Gasteiger partial charge in [0.05, 0.1) is 12.5 Å². The maximum absolute atomic E-state index is 15.5. The van der Waals surface area contributed by atoms with Crippen LogP contribution in [0.1, 0.15) is 58.2 Å². The summed E-state index contributed by atoms with van der Waals surface area (Å²) in [6, 6.07) is 0.353. The third-order valence-electron chi connectivity index (χ3n) is 7.10. The molecule has 2 heterocycles. The van der Waals surface area contributed by atoms with E-state index in [4.69, 9.17) is 0 Å². The summed E-state index contributed by atoms with van der Waals surface area (Å²) in [5, 5.41) is 10.1. The molecule has 1 saturated heterocycles. The first-order chi connectivity index (χ1) is 16.2. The van der Waals surface area contributed by atoms with E-state index in [0.717, 1.165) is 38.6 Å². The fourth-order valence-electron chi connectivity index (χ4n) is 5.17. The zero-order valence-electron chi connectivity index (χ0n) is 20.6. The van der Waals surface area contributed by atoms with Gasteiger partial charge in [0, 0.05) is 25.2 Å². The average molecular weight is 480 g/mol. The van der Waals surface area contributed by atoms with Crippen molar-refractivity contribution in [2.45, 2.75) is 71.4 Å². The number of aromatic nitrogens is 2. The molecule has 190 valence electrons. The van der Waals surface area contributed by atoms with Crippen LogP contribution in [0.25, 0.3) is 0 Å². The summed E-state index contributed by atoms with van der Waals surface area (Å²) in [6.07, 6.45) is 6.05. The number of anilines is 2. The van der Waals surface area contributed by atoms with Gasteiger partial charge in [-0.1, -0.05) is 32.6 Å². The molecule has 2 fully saturated rings. The highest BCUT2D eigenvalue weighted by Gasteiger charge is 2.32. The topological polar surface area (TPSA) is 114 Å². The van der Waals surface area contributed by atoms with Crippen molar-refractivity contribution in [1.29, 1.82) is 0 Å². The Morgan fingerprint density at radius 3 is 2.68 bits per heavy atom. The number of carbonyl (C=O) groups excluding carboxylic acids is 2. The zero-order valence-corrected chi connectivity index (χ0v) is 20.6. The number of amides is 2. The van der Waals surface area contributed by atoms with E-state index in [2.05, 4.69) is 39.7 Å². The minimum Gasteiger partial charge on any atom is -0.348 e. The molecule has 10 nitrogen and oxygen atoms in total. The van der Waals surface area contributed by atoms with Crippen molar-refractivity contribution in [3.05, 3.63) is 11.6 Å². The van der Waals surface area contributed by atoms with Crippen molar-refractivity contribution in [2.75, 3.05) is 37.0 Å². The Balaban J connectivity index is 1.73. The number of piperazine rings is 1. The summed E-state index contributed by atoms with van der Waals surface area (Å²) < 4.78 is 15.5. The minimum atomic E-state index is -0.626. The van der Waals surface area contributed by atoms with Gasteiger partial charge in [-0.3, -0.25) is 30.5 Å². The molecular formula is C23H38FN7O3. The lowest BCUT2D eigenvalue weighted by Crippen LogP contribution is -2.56. The molecule has 0 bridgehead atoms. The second-order valence-corrected chi connectivity index (χ2v) is 9.68. The monoisotopic (exact) mass is 479 g/mol. The molecule has 1 aliphatic heterocycles. The number of hydrogen-bond donors (Lipinski definition) is 3. The number of aryl methyl sites for hydroxylation is 1. The highest BCUT2D eigenvalue weighted by atomic mass is 19.1. The van der Waals surface area contributed by atoms with Gasteiger partial charge in [-0.25, -0.2) is 15.0 Å². The van der Waals surface area contributed by atoms with Crippen LogP contribution < -0.4 is 15.8 Å². The Hall–Kier alpha value is -2.53. The van der Waals surface area contributed by atoms with Crippen molar-refractivity contribution in [1.82, 2.24) is 25.4 Å². The molecule has 2 amide bonds. The highest BCUT2D eigenvalue weighted by molar-refractivity contribution is 5.80. The molecule has 2 aliphatic rings. The van der Waals surface area contributed by atoms with E-state index in [9.17, 15) is 14.8 Å². The number of carbonyl (C=O) groups is 2. The van der Waals surface area contributed by atoms with Crippen LogP contribution in [0.4, 0.5) is 16.0 Å². The van der Waals surface area contributed by atoms with Crippen LogP contribution in [0.15, 0.2) is 0 Å². The number of likely N-dealkylation sites (N-methyl/N-ethyl adjacent to an activating group) is 1. The van der Waals surface area contributed by atoms with E-state index in [1.807, 2.05) is 11.8 Å². The molecular weight excluding hydrogens is 441 g/mol. The molecule has 3 N–H and O–H groups in total. The van der Waals surface area contributed by atoms with E-state index in [-0.39, 0.29) is 36.7 Å². The summed E-state index contributed by atoms with van der Waals surface area (Å²) in [5.74, 6) is -0.813. The van der Waals surface area contributed by atoms with Crippen LogP contribution in [0.5, 0.6) is 0 Å². The number of halogens is 1. The van der Waals surface area contributed by atoms with E-state index < -0.39 is 17.6 Å². The molecule has 1 aromatic rings. The van der Waals surface area contributed by atoms with Crippen LogP contribution >= 0.6 is 0 Å². The zero-order chi connectivity index (χ0) is 24.8. The first-order valence-corrected chi connectivity index (χ1v) is 12.2. The van der Waals surface area contributed by atoms with Crippen molar-refractivity contribution in [3.63, 3.8) is 0 Å². The lowest BCUT2D eigenvalue weighted by atomic mass is 9.92. The summed E-state index contributed by atoms with van der Waals surface area (Å²) in [5.41, 5.74) is 5.17. The SMILES string of the molecule is CC[C@@H]1CN(c2nc(C)nc(NNC(=O)[C@@H](CC3CCCC3)CN(O)C=O)c2F)[C@H](C)CN1C. The summed E-state index contributed by atoms with van der Waals surface area (Å²) in [4.78, 5) is 36.6. The number of hydrogen-bond acceptors (Lipinski definition) is 8. The first kappa shape index (κ1) is 26.1. The number of rotatable bonds is 10. The fourth-order valence-corrected chi connectivity index (χ4v) is 5.17. The molecule has 1 aliphatic carbocycles. The summed E-state index contributed by atoms with van der Waals surface area (Å²) >= 11 is 0. The number of hydroxylamine groups is 2. The van der Waals surface area contributed by atoms with E-state index >= 15 is 4.39 Å². The minimum absolute atomic E-state index is 0.0636. The Bertz CT molecular complexity index is 852. The maximum Gasteiger partial charge on any atom is 0.243 e. The van der Waals surface area contributed by atoms with Gasteiger partial charge in [0.2, 0.25) is 18.1 Å². The molecule has 3 atom stereocenters. The van der Waals surface area contributed by atoms with Gasteiger partial charge in [-0.15, -0.1) is 0 Å². The van der Waals surface area contributed by atoms with Crippen molar-refractivity contribution in [3.8, 4) is 0 Å². The van der Waals surface area contributed by atoms with Gasteiger partial charge in [0.1, 0.15) is 5.82 Å². The van der Waals surface area contributed by atoms with Crippen LogP contribution in [0.2, 0.25) is 0 Å².